The molecule has 0 bridgehead atoms. The van der Waals surface area contributed by atoms with Gasteiger partial charge in [-0.3, -0.25) is 0 Å². The average molecular weight is 271 g/mol. The van der Waals surface area contributed by atoms with Gasteiger partial charge >= 0.3 is 0 Å². The van der Waals surface area contributed by atoms with Crippen LogP contribution >= 0.6 is 11.3 Å². The van der Waals surface area contributed by atoms with E-state index in [1.165, 1.54) is 29.5 Å². The van der Waals surface area contributed by atoms with E-state index in [2.05, 4.69) is 60.3 Å². The summed E-state index contributed by atoms with van der Waals surface area (Å²) in [6.45, 7) is 4.42. The highest BCUT2D eigenvalue weighted by Crippen LogP contribution is 2.38. The number of hydrogen-bond donors (Lipinski definition) is 1. The van der Waals surface area contributed by atoms with Gasteiger partial charge in [-0.15, -0.1) is 0 Å². The zero-order chi connectivity index (χ0) is 13.2. The summed E-state index contributed by atoms with van der Waals surface area (Å²) in [5.41, 5.74) is 4.28. The van der Waals surface area contributed by atoms with Crippen LogP contribution in [-0.4, -0.2) is 6.04 Å². The van der Waals surface area contributed by atoms with Gasteiger partial charge in [-0.2, -0.15) is 11.3 Å². The van der Waals surface area contributed by atoms with E-state index < -0.39 is 0 Å². The van der Waals surface area contributed by atoms with E-state index in [0.29, 0.717) is 12.1 Å². The molecule has 1 aliphatic rings. The Morgan fingerprint density at radius 3 is 2.53 bits per heavy atom. The van der Waals surface area contributed by atoms with Crippen LogP contribution in [0.4, 0.5) is 0 Å². The minimum atomic E-state index is 0.482. The molecule has 3 rings (SSSR count). The fourth-order valence-corrected chi connectivity index (χ4v) is 3.59. The van der Waals surface area contributed by atoms with Crippen molar-refractivity contribution in [3.8, 4) is 0 Å². The minimum Gasteiger partial charge on any atom is -0.307 e. The molecule has 0 amide bonds. The highest BCUT2D eigenvalue weighted by molar-refractivity contribution is 7.07. The number of thiophene rings is 1. The second-order valence-electron chi connectivity index (χ2n) is 5.72. The van der Waals surface area contributed by atoms with Crippen LogP contribution in [0, 0.1) is 6.92 Å². The van der Waals surface area contributed by atoms with Crippen molar-refractivity contribution in [1.29, 1.82) is 0 Å². The molecule has 0 saturated heterocycles. The van der Waals surface area contributed by atoms with Crippen molar-refractivity contribution in [2.75, 3.05) is 0 Å². The minimum absolute atomic E-state index is 0.482. The Labute approximate surface area is 119 Å². The number of benzene rings is 1. The molecule has 1 aromatic carbocycles. The highest BCUT2D eigenvalue weighted by Gasteiger charge is 2.30. The predicted octanol–water partition coefficient (Wildman–Crippen LogP) is 4.65. The molecular formula is C17H21NS. The lowest BCUT2D eigenvalue weighted by molar-refractivity contribution is 0.271. The van der Waals surface area contributed by atoms with Crippen molar-refractivity contribution >= 4 is 11.3 Å². The molecule has 2 aromatic rings. The summed E-state index contributed by atoms with van der Waals surface area (Å²) in [4.78, 5) is 0. The molecule has 1 heterocycles. The van der Waals surface area contributed by atoms with E-state index in [4.69, 9.17) is 0 Å². The van der Waals surface area contributed by atoms with E-state index in [9.17, 15) is 0 Å². The molecule has 1 fully saturated rings. The molecule has 1 aromatic heterocycles. The topological polar surface area (TPSA) is 12.0 Å². The van der Waals surface area contributed by atoms with Crippen molar-refractivity contribution < 1.29 is 0 Å². The molecule has 0 radical (unpaired) electrons. The average Bonchev–Trinajstić information content (AvgIpc) is 2.88. The zero-order valence-electron chi connectivity index (χ0n) is 11.6. The summed E-state index contributed by atoms with van der Waals surface area (Å²) in [5, 5.41) is 8.14. The van der Waals surface area contributed by atoms with Gasteiger partial charge in [0.05, 0.1) is 0 Å². The van der Waals surface area contributed by atoms with E-state index >= 15 is 0 Å². The van der Waals surface area contributed by atoms with Gasteiger partial charge in [-0.1, -0.05) is 29.8 Å². The Morgan fingerprint density at radius 1 is 1.16 bits per heavy atom. The van der Waals surface area contributed by atoms with E-state index in [1.54, 1.807) is 11.3 Å². The monoisotopic (exact) mass is 271 g/mol. The van der Waals surface area contributed by atoms with Crippen LogP contribution in [-0.2, 0) is 0 Å². The van der Waals surface area contributed by atoms with E-state index in [0.717, 1.165) is 5.92 Å². The highest BCUT2D eigenvalue weighted by atomic mass is 32.1. The van der Waals surface area contributed by atoms with E-state index in [-0.39, 0.29) is 0 Å². The Bertz CT molecular complexity index is 509. The van der Waals surface area contributed by atoms with Crippen LogP contribution in [0.25, 0.3) is 0 Å². The molecule has 1 nitrogen and oxygen atoms in total. The first-order valence-electron chi connectivity index (χ1n) is 7.07. The largest absolute Gasteiger partial charge is 0.307 e. The van der Waals surface area contributed by atoms with Gasteiger partial charge in [0, 0.05) is 12.1 Å². The molecule has 1 unspecified atom stereocenters. The smallest absolute Gasteiger partial charge is 0.0302 e. The summed E-state index contributed by atoms with van der Waals surface area (Å²) in [7, 11) is 0. The molecule has 100 valence electrons. The molecule has 1 aliphatic carbocycles. The van der Waals surface area contributed by atoms with Gasteiger partial charge in [0.15, 0.2) is 0 Å². The molecular weight excluding hydrogens is 250 g/mol. The summed E-state index contributed by atoms with van der Waals surface area (Å²) < 4.78 is 0. The van der Waals surface area contributed by atoms with Crippen LogP contribution in [0.5, 0.6) is 0 Å². The summed E-state index contributed by atoms with van der Waals surface area (Å²) >= 11 is 1.78. The number of nitrogens with one attached hydrogen (secondary N) is 1. The third-order valence-corrected chi connectivity index (χ3v) is 4.92. The molecule has 1 N–H and O–H groups in total. The van der Waals surface area contributed by atoms with Gasteiger partial charge in [0.2, 0.25) is 0 Å². The van der Waals surface area contributed by atoms with Gasteiger partial charge < -0.3 is 5.32 Å². The lowest BCUT2D eigenvalue weighted by atomic mass is 9.75. The van der Waals surface area contributed by atoms with Crippen LogP contribution < -0.4 is 5.32 Å². The summed E-state index contributed by atoms with van der Waals surface area (Å²) in [6, 6.07) is 12.4. The van der Waals surface area contributed by atoms with Gasteiger partial charge in [0.1, 0.15) is 0 Å². The maximum absolute atomic E-state index is 3.74. The Hall–Kier alpha value is -1.12. The van der Waals surface area contributed by atoms with Crippen molar-refractivity contribution in [3.63, 3.8) is 0 Å². The van der Waals surface area contributed by atoms with Crippen molar-refractivity contribution in [3.05, 3.63) is 57.8 Å². The predicted molar refractivity (Wildman–Crippen MR) is 82.8 cm³/mol. The van der Waals surface area contributed by atoms with Crippen molar-refractivity contribution in [1.82, 2.24) is 5.32 Å². The maximum atomic E-state index is 3.74. The molecule has 1 atom stereocenters. The first kappa shape index (κ1) is 12.9. The standard InChI is InChI=1S/C17H21NS/c1-12-3-5-14(6-4-12)16-9-17(10-16)18-13(2)15-7-8-19-11-15/h3-8,11,13,16-18H,9-10H2,1-2H3. The first-order chi connectivity index (χ1) is 9.22. The van der Waals surface area contributed by atoms with Crippen LogP contribution in [0.3, 0.4) is 0 Å². The molecule has 1 saturated carbocycles. The third kappa shape index (κ3) is 2.90. The maximum Gasteiger partial charge on any atom is 0.0302 e. The van der Waals surface area contributed by atoms with Gasteiger partial charge in [-0.25, -0.2) is 0 Å². The Morgan fingerprint density at radius 2 is 1.89 bits per heavy atom. The van der Waals surface area contributed by atoms with E-state index in [1.807, 2.05) is 0 Å². The molecule has 19 heavy (non-hydrogen) atoms. The van der Waals surface area contributed by atoms with Gasteiger partial charge in [0.25, 0.3) is 0 Å². The first-order valence-corrected chi connectivity index (χ1v) is 8.01. The second-order valence-corrected chi connectivity index (χ2v) is 6.50. The van der Waals surface area contributed by atoms with Gasteiger partial charge in [-0.05, 0) is 60.6 Å². The number of aryl methyl sites for hydroxylation is 1. The second kappa shape index (κ2) is 5.48. The van der Waals surface area contributed by atoms with Crippen molar-refractivity contribution in [2.45, 2.75) is 44.7 Å². The zero-order valence-corrected chi connectivity index (χ0v) is 12.4. The van der Waals surface area contributed by atoms with Crippen molar-refractivity contribution in [2.24, 2.45) is 0 Å². The number of rotatable bonds is 4. The molecule has 2 heteroatoms. The Kier molecular flexibility index (Phi) is 3.72. The Balaban J connectivity index is 1.51. The molecule has 0 spiro atoms. The number of hydrogen-bond acceptors (Lipinski definition) is 2. The lowest BCUT2D eigenvalue weighted by Crippen LogP contribution is -2.41. The quantitative estimate of drug-likeness (QED) is 0.853. The molecule has 0 aliphatic heterocycles. The van der Waals surface area contributed by atoms with Crippen LogP contribution in [0.1, 0.15) is 48.4 Å². The normalized spacial score (nSPS) is 23.9. The van der Waals surface area contributed by atoms with Crippen LogP contribution in [0.15, 0.2) is 41.1 Å². The third-order valence-electron chi connectivity index (χ3n) is 4.22. The SMILES string of the molecule is Cc1ccc(C2CC(NC(C)c3ccsc3)C2)cc1. The summed E-state index contributed by atoms with van der Waals surface area (Å²) in [6.07, 6.45) is 2.55. The van der Waals surface area contributed by atoms with Crippen LogP contribution in [0.2, 0.25) is 0 Å². The fraction of sp³-hybridized carbons (Fsp3) is 0.412. The lowest BCUT2D eigenvalue weighted by Gasteiger charge is -2.38. The summed E-state index contributed by atoms with van der Waals surface area (Å²) in [5.74, 6) is 0.757. The fourth-order valence-electron chi connectivity index (χ4n) is 2.84.